The molecule has 1 heterocycles. The predicted octanol–water partition coefficient (Wildman–Crippen LogP) is 7.34. The first kappa shape index (κ1) is 25.1. The Morgan fingerprint density at radius 1 is 1.18 bits per heavy atom. The number of thioether (sulfide) groups is 2. The number of aliphatic hydroxyl groups excluding tert-OH is 1. The second kappa shape index (κ2) is 9.71. The molecule has 0 aromatic rings. The van der Waals surface area contributed by atoms with Crippen molar-refractivity contribution in [1.29, 1.82) is 0 Å². The molecule has 0 radical (unpaired) electrons. The van der Waals surface area contributed by atoms with Crippen molar-refractivity contribution in [3.8, 4) is 0 Å². The number of fused-ring (bicyclic) bond motifs is 5. The lowest BCUT2D eigenvalue weighted by Crippen LogP contribution is -2.52. The molecule has 0 bridgehead atoms. The first-order valence-corrected chi connectivity index (χ1v) is 15.7. The molecule has 4 fully saturated rings. The van der Waals surface area contributed by atoms with Crippen molar-refractivity contribution in [3.63, 3.8) is 0 Å². The predicted molar refractivity (Wildman–Crippen MR) is 150 cm³/mol. The first-order valence-electron chi connectivity index (χ1n) is 13.7. The fourth-order valence-electron chi connectivity index (χ4n) is 8.43. The van der Waals surface area contributed by atoms with E-state index in [1.54, 1.807) is 5.57 Å². The van der Waals surface area contributed by atoms with E-state index in [0.29, 0.717) is 22.0 Å². The van der Waals surface area contributed by atoms with Gasteiger partial charge in [-0.05, 0) is 113 Å². The molecule has 1 aliphatic heterocycles. The van der Waals surface area contributed by atoms with Crippen LogP contribution in [0, 0.1) is 35.0 Å². The summed E-state index contributed by atoms with van der Waals surface area (Å²) in [4.78, 5) is 0. The molecule has 7 atom stereocenters. The van der Waals surface area contributed by atoms with Gasteiger partial charge in [-0.15, -0.1) is 23.5 Å². The van der Waals surface area contributed by atoms with Crippen molar-refractivity contribution in [3.05, 3.63) is 47.7 Å². The maximum Gasteiger partial charge on any atom is 0.0794 e. The molecule has 0 aromatic carbocycles. The molecule has 188 valence electrons. The van der Waals surface area contributed by atoms with Crippen LogP contribution in [0.3, 0.4) is 0 Å². The van der Waals surface area contributed by atoms with E-state index in [4.69, 9.17) is 0 Å². The highest BCUT2D eigenvalue weighted by Crippen LogP contribution is 2.66. The molecule has 1 spiro atoms. The van der Waals surface area contributed by atoms with E-state index in [0.717, 1.165) is 36.3 Å². The molecule has 5 aliphatic rings. The van der Waals surface area contributed by atoms with E-state index < -0.39 is 0 Å². The second-order valence-corrected chi connectivity index (χ2v) is 15.3. The summed E-state index contributed by atoms with van der Waals surface area (Å²) in [6.07, 6.45) is 17.9. The minimum Gasteiger partial charge on any atom is -0.393 e. The van der Waals surface area contributed by atoms with E-state index >= 15 is 0 Å². The van der Waals surface area contributed by atoms with E-state index in [1.165, 1.54) is 49.2 Å². The molecule has 2 nitrogen and oxygen atoms in total. The molecular weight excluding hydrogens is 454 g/mol. The molecule has 1 unspecified atom stereocenters. The highest BCUT2D eigenvalue weighted by Gasteiger charge is 2.59. The van der Waals surface area contributed by atoms with Gasteiger partial charge in [0.25, 0.3) is 0 Å². The first-order chi connectivity index (χ1) is 16.3. The van der Waals surface area contributed by atoms with Crippen LogP contribution in [0.1, 0.15) is 72.6 Å². The van der Waals surface area contributed by atoms with Crippen LogP contribution in [-0.2, 0) is 0 Å². The number of hydrogen-bond acceptors (Lipinski definition) is 4. The Balaban J connectivity index is 1.49. The van der Waals surface area contributed by atoms with E-state index in [2.05, 4.69) is 81.3 Å². The third kappa shape index (κ3) is 4.39. The molecule has 5 rings (SSSR count). The van der Waals surface area contributed by atoms with Gasteiger partial charge in [-0.3, -0.25) is 0 Å². The largest absolute Gasteiger partial charge is 0.393 e. The maximum atomic E-state index is 11.1. The van der Waals surface area contributed by atoms with Crippen molar-refractivity contribution in [2.24, 2.45) is 35.0 Å². The summed E-state index contributed by atoms with van der Waals surface area (Å²) in [6.45, 7) is 13.2. The van der Waals surface area contributed by atoms with E-state index in [9.17, 15) is 5.11 Å². The average Bonchev–Trinajstić information content (AvgIpc) is 3.39. The number of rotatable bonds is 5. The topological polar surface area (TPSA) is 32.3 Å². The Labute approximate surface area is 216 Å². The minimum absolute atomic E-state index is 0.0797. The van der Waals surface area contributed by atoms with E-state index in [-0.39, 0.29) is 11.5 Å². The van der Waals surface area contributed by atoms with Gasteiger partial charge in [-0.1, -0.05) is 36.8 Å². The molecule has 4 heteroatoms. The quantitative estimate of drug-likeness (QED) is 0.306. The Hall–Kier alpha value is -0.580. The summed E-state index contributed by atoms with van der Waals surface area (Å²) in [6, 6.07) is 0.400. The normalized spacial score (nSPS) is 41.6. The van der Waals surface area contributed by atoms with Crippen molar-refractivity contribution >= 4 is 23.5 Å². The SMILES string of the molecule is C=C/C(=C\C=C(/C)[C@H]1C[C@]2(C)C(O)CC[C@H]2[C@@H]2CCC3=CC4(CC[C@@H]3[C@H]21)SCCS4)NC(C)C. The van der Waals surface area contributed by atoms with Gasteiger partial charge in [-0.25, -0.2) is 0 Å². The highest BCUT2D eigenvalue weighted by molar-refractivity contribution is 8.21. The number of nitrogens with one attached hydrogen (secondary N) is 1. The van der Waals surface area contributed by atoms with Gasteiger partial charge in [0.15, 0.2) is 0 Å². The zero-order chi connectivity index (χ0) is 24.1. The number of aliphatic hydroxyl groups is 1. The van der Waals surface area contributed by atoms with Gasteiger partial charge < -0.3 is 10.4 Å². The summed E-state index contributed by atoms with van der Waals surface area (Å²) in [5.74, 6) is 6.15. The zero-order valence-corrected chi connectivity index (χ0v) is 23.3. The lowest BCUT2D eigenvalue weighted by Gasteiger charge is -2.58. The third-order valence-electron chi connectivity index (χ3n) is 9.97. The molecule has 34 heavy (non-hydrogen) atoms. The molecular formula is C30H45NOS2. The van der Waals surface area contributed by atoms with Gasteiger partial charge in [0.1, 0.15) is 0 Å². The summed E-state index contributed by atoms with van der Waals surface area (Å²) in [5.41, 5.74) is 4.48. The van der Waals surface area contributed by atoms with E-state index in [1.807, 2.05) is 6.08 Å². The minimum atomic E-state index is -0.131. The lowest BCUT2D eigenvalue weighted by molar-refractivity contribution is -0.0766. The summed E-state index contributed by atoms with van der Waals surface area (Å²) >= 11 is 4.42. The Morgan fingerprint density at radius 3 is 2.65 bits per heavy atom. The van der Waals surface area contributed by atoms with Crippen molar-refractivity contribution < 1.29 is 5.11 Å². The molecule has 3 saturated carbocycles. The van der Waals surface area contributed by atoms with Crippen LogP contribution in [0.15, 0.2) is 47.7 Å². The summed E-state index contributed by atoms with van der Waals surface area (Å²) in [5, 5.41) is 14.6. The van der Waals surface area contributed by atoms with Gasteiger partial charge in [-0.2, -0.15) is 0 Å². The highest BCUT2D eigenvalue weighted by atomic mass is 32.2. The molecule has 2 N–H and O–H groups in total. The Bertz CT molecular complexity index is 882. The van der Waals surface area contributed by atoms with Crippen LogP contribution >= 0.6 is 23.5 Å². The molecule has 0 aromatic heterocycles. The Morgan fingerprint density at radius 2 is 1.94 bits per heavy atom. The summed E-state index contributed by atoms with van der Waals surface area (Å²) < 4.78 is 0.385. The summed E-state index contributed by atoms with van der Waals surface area (Å²) in [7, 11) is 0. The number of hydrogen-bond donors (Lipinski definition) is 2. The maximum absolute atomic E-state index is 11.1. The van der Waals surface area contributed by atoms with Crippen LogP contribution in [0.25, 0.3) is 0 Å². The zero-order valence-electron chi connectivity index (χ0n) is 21.7. The Kier molecular flexibility index (Phi) is 7.16. The van der Waals surface area contributed by atoms with Gasteiger partial charge in [0.2, 0.25) is 0 Å². The molecule has 1 saturated heterocycles. The molecule has 4 aliphatic carbocycles. The number of allylic oxidation sites excluding steroid dienone is 5. The fraction of sp³-hybridized carbons (Fsp3) is 0.733. The van der Waals surface area contributed by atoms with Gasteiger partial charge in [0, 0.05) is 23.2 Å². The smallest absolute Gasteiger partial charge is 0.0794 e. The van der Waals surface area contributed by atoms with Crippen LogP contribution in [-0.4, -0.2) is 32.8 Å². The van der Waals surface area contributed by atoms with Crippen molar-refractivity contribution in [2.75, 3.05) is 11.5 Å². The van der Waals surface area contributed by atoms with Crippen molar-refractivity contribution in [2.45, 2.75) is 88.9 Å². The standard InChI is InChI=1S/C30H45NOS2/c1-6-22(31-19(2)3)9-7-20(4)25-18-29(5)26(11-12-27(29)32)24-10-8-21-17-30(33-15-16-34-30)14-13-23(21)28(24)25/h6-7,9,17,19,23-28,31-32H,1,8,10-16,18H2,2-5H3/b20-7+,22-9+/t23-,24-,25+,26-,27?,28+,29-/m0/s1. The fourth-order valence-corrected chi connectivity index (χ4v) is 11.6. The van der Waals surface area contributed by atoms with Gasteiger partial charge >= 0.3 is 0 Å². The van der Waals surface area contributed by atoms with Crippen LogP contribution in [0.2, 0.25) is 0 Å². The third-order valence-corrected chi connectivity index (χ3v) is 13.4. The lowest BCUT2D eigenvalue weighted by atomic mass is 9.48. The second-order valence-electron chi connectivity index (χ2n) is 12.2. The molecule has 0 amide bonds. The van der Waals surface area contributed by atoms with Crippen LogP contribution in [0.5, 0.6) is 0 Å². The van der Waals surface area contributed by atoms with Crippen LogP contribution < -0.4 is 5.32 Å². The van der Waals surface area contributed by atoms with Gasteiger partial charge in [0.05, 0.1) is 10.2 Å². The van der Waals surface area contributed by atoms with Crippen molar-refractivity contribution in [1.82, 2.24) is 5.32 Å². The monoisotopic (exact) mass is 499 g/mol. The average molecular weight is 500 g/mol. The van der Waals surface area contributed by atoms with Crippen LogP contribution in [0.4, 0.5) is 0 Å².